The van der Waals surface area contributed by atoms with E-state index in [4.69, 9.17) is 4.98 Å². The van der Waals surface area contributed by atoms with Gasteiger partial charge in [-0.15, -0.1) is 11.3 Å². The van der Waals surface area contributed by atoms with Crippen LogP contribution in [0.15, 0.2) is 55.9 Å². The number of hydrogen-bond acceptors (Lipinski definition) is 7. The second-order valence-corrected chi connectivity index (χ2v) is 10.0. The van der Waals surface area contributed by atoms with Crippen LogP contribution in [0.3, 0.4) is 0 Å². The highest BCUT2D eigenvalue weighted by Gasteiger charge is 2.24. The minimum atomic E-state index is -0.536. The molecule has 0 aliphatic heterocycles. The van der Waals surface area contributed by atoms with Crippen molar-refractivity contribution in [2.24, 2.45) is 14.1 Å². The molecule has 0 saturated heterocycles. The molecular formula is C23H21N5O4S2. The summed E-state index contributed by atoms with van der Waals surface area (Å²) in [6.45, 7) is 0. The Balaban J connectivity index is 1.49. The van der Waals surface area contributed by atoms with Gasteiger partial charge in [-0.25, -0.2) is 9.78 Å². The van der Waals surface area contributed by atoms with Crippen molar-refractivity contribution in [1.82, 2.24) is 18.7 Å². The van der Waals surface area contributed by atoms with Crippen molar-refractivity contribution >= 4 is 45.0 Å². The number of anilines is 1. The third-order valence-corrected chi connectivity index (χ3v) is 7.97. The molecule has 1 N–H and O–H groups in total. The molecule has 0 atom stereocenters. The first-order valence-electron chi connectivity index (χ1n) is 10.7. The number of hydrogen-bond donors (Lipinski definition) is 1. The molecule has 34 heavy (non-hydrogen) atoms. The normalized spacial score (nSPS) is 12.8. The van der Waals surface area contributed by atoms with Crippen LogP contribution in [0.5, 0.6) is 0 Å². The Kier molecular flexibility index (Phi) is 5.74. The minimum absolute atomic E-state index is 0.0563. The minimum Gasteiger partial charge on any atom is -0.311 e. The first-order valence-corrected chi connectivity index (χ1v) is 12.5. The van der Waals surface area contributed by atoms with Crippen molar-refractivity contribution in [1.29, 1.82) is 0 Å². The standard InChI is InChI=1S/C23H21N5O4S2/c1-26-16(11-18(30)27(2)23(26)32)24-17(29)12-33-22-25-20-19(14-9-6-10-15(14)34-20)21(31)28(22)13-7-4-3-5-8-13/h3-5,7-8,11H,6,9-10,12H2,1-2H3,(H,24,29). The number of carbonyl (C=O) groups is 1. The van der Waals surface area contributed by atoms with Crippen LogP contribution in [0.4, 0.5) is 5.82 Å². The Labute approximate surface area is 201 Å². The Morgan fingerprint density at radius 1 is 1.12 bits per heavy atom. The molecule has 1 aliphatic rings. The molecule has 1 aromatic carbocycles. The molecule has 0 saturated carbocycles. The zero-order valence-electron chi connectivity index (χ0n) is 18.5. The summed E-state index contributed by atoms with van der Waals surface area (Å²) in [7, 11) is 2.85. The summed E-state index contributed by atoms with van der Waals surface area (Å²) in [5.74, 6) is -0.368. The topological polar surface area (TPSA) is 108 Å². The summed E-state index contributed by atoms with van der Waals surface area (Å²) in [6.07, 6.45) is 2.89. The fourth-order valence-corrected chi connectivity index (χ4v) is 6.20. The number of benzene rings is 1. The lowest BCUT2D eigenvalue weighted by Crippen LogP contribution is -2.38. The first kappa shape index (κ1) is 22.4. The van der Waals surface area contributed by atoms with Crippen LogP contribution in [0.2, 0.25) is 0 Å². The van der Waals surface area contributed by atoms with E-state index in [1.54, 1.807) is 15.9 Å². The quantitative estimate of drug-likeness (QED) is 0.335. The van der Waals surface area contributed by atoms with E-state index in [1.165, 1.54) is 29.6 Å². The number of amides is 1. The zero-order chi connectivity index (χ0) is 24.0. The van der Waals surface area contributed by atoms with Gasteiger partial charge in [-0.2, -0.15) is 0 Å². The van der Waals surface area contributed by atoms with E-state index in [0.29, 0.717) is 21.1 Å². The summed E-state index contributed by atoms with van der Waals surface area (Å²) in [5.41, 5.74) is 0.597. The van der Waals surface area contributed by atoms with E-state index in [2.05, 4.69) is 5.32 Å². The van der Waals surface area contributed by atoms with Gasteiger partial charge in [0.15, 0.2) is 5.16 Å². The Morgan fingerprint density at radius 3 is 2.65 bits per heavy atom. The Hall–Kier alpha value is -3.44. The molecule has 0 radical (unpaired) electrons. The van der Waals surface area contributed by atoms with Crippen LogP contribution >= 0.6 is 23.1 Å². The SMILES string of the molecule is Cn1c(NC(=O)CSc2nc3sc4c(c3c(=O)n2-c2ccccc2)CCC4)cc(=O)n(C)c1=O. The fraction of sp³-hybridized carbons (Fsp3) is 0.261. The zero-order valence-corrected chi connectivity index (χ0v) is 20.2. The van der Waals surface area contributed by atoms with Gasteiger partial charge in [0.2, 0.25) is 5.91 Å². The van der Waals surface area contributed by atoms with Gasteiger partial charge >= 0.3 is 5.69 Å². The lowest BCUT2D eigenvalue weighted by molar-refractivity contribution is -0.113. The molecule has 1 amide bonds. The number of thioether (sulfide) groups is 1. The van der Waals surface area contributed by atoms with E-state index >= 15 is 0 Å². The molecule has 0 spiro atoms. The number of rotatable bonds is 5. The van der Waals surface area contributed by atoms with E-state index in [0.717, 1.165) is 41.2 Å². The number of para-hydroxylation sites is 1. The van der Waals surface area contributed by atoms with E-state index in [-0.39, 0.29) is 17.1 Å². The number of carbonyl (C=O) groups excluding carboxylic acids is 1. The van der Waals surface area contributed by atoms with Gasteiger partial charge in [-0.05, 0) is 37.0 Å². The predicted octanol–water partition coefficient (Wildman–Crippen LogP) is 2.06. The molecule has 5 rings (SSSR count). The molecule has 174 valence electrons. The van der Waals surface area contributed by atoms with Crippen LogP contribution in [0.1, 0.15) is 16.9 Å². The maximum Gasteiger partial charge on any atom is 0.332 e. The maximum absolute atomic E-state index is 13.6. The molecular weight excluding hydrogens is 474 g/mol. The van der Waals surface area contributed by atoms with Gasteiger partial charge in [0, 0.05) is 25.0 Å². The number of nitrogens with zero attached hydrogens (tertiary/aromatic N) is 4. The molecule has 4 aromatic rings. The van der Waals surface area contributed by atoms with Gasteiger partial charge in [-0.1, -0.05) is 30.0 Å². The third kappa shape index (κ3) is 3.80. The lowest BCUT2D eigenvalue weighted by atomic mass is 10.2. The fourth-order valence-electron chi connectivity index (χ4n) is 4.09. The summed E-state index contributed by atoms with van der Waals surface area (Å²) < 4.78 is 3.71. The van der Waals surface area contributed by atoms with Gasteiger partial charge in [0.05, 0.1) is 16.8 Å². The smallest absolute Gasteiger partial charge is 0.311 e. The number of aryl methyl sites for hydroxylation is 2. The number of nitrogens with one attached hydrogen (secondary N) is 1. The maximum atomic E-state index is 13.6. The average molecular weight is 496 g/mol. The van der Waals surface area contributed by atoms with Crippen molar-refractivity contribution in [3.63, 3.8) is 0 Å². The average Bonchev–Trinajstić information content (AvgIpc) is 3.41. The first-order chi connectivity index (χ1) is 16.3. The summed E-state index contributed by atoms with van der Waals surface area (Å²) in [4.78, 5) is 57.0. The highest BCUT2D eigenvalue weighted by atomic mass is 32.2. The number of thiophene rings is 1. The Morgan fingerprint density at radius 2 is 1.88 bits per heavy atom. The molecule has 0 bridgehead atoms. The number of aromatic nitrogens is 4. The van der Waals surface area contributed by atoms with Gasteiger partial charge < -0.3 is 5.32 Å². The highest BCUT2D eigenvalue weighted by molar-refractivity contribution is 7.99. The van der Waals surface area contributed by atoms with Crippen molar-refractivity contribution in [2.45, 2.75) is 24.4 Å². The summed E-state index contributed by atoms with van der Waals surface area (Å²) in [6, 6.07) is 10.4. The molecule has 11 heteroatoms. The van der Waals surface area contributed by atoms with Gasteiger partial charge in [0.25, 0.3) is 11.1 Å². The van der Waals surface area contributed by atoms with Crippen LogP contribution in [-0.2, 0) is 31.7 Å². The van der Waals surface area contributed by atoms with Crippen molar-refractivity contribution in [3.05, 3.63) is 78.0 Å². The second-order valence-electron chi connectivity index (χ2n) is 8.01. The van der Waals surface area contributed by atoms with Crippen molar-refractivity contribution < 1.29 is 4.79 Å². The van der Waals surface area contributed by atoms with E-state index < -0.39 is 17.2 Å². The van der Waals surface area contributed by atoms with Crippen LogP contribution in [0.25, 0.3) is 15.9 Å². The van der Waals surface area contributed by atoms with E-state index in [9.17, 15) is 19.2 Å². The number of fused-ring (bicyclic) bond motifs is 3. The van der Waals surface area contributed by atoms with Crippen molar-refractivity contribution in [3.8, 4) is 5.69 Å². The summed E-state index contributed by atoms with van der Waals surface area (Å²) in [5, 5.41) is 3.69. The predicted molar refractivity (Wildman–Crippen MR) is 134 cm³/mol. The monoisotopic (exact) mass is 495 g/mol. The largest absolute Gasteiger partial charge is 0.332 e. The van der Waals surface area contributed by atoms with Gasteiger partial charge in [0.1, 0.15) is 10.6 Å². The second kappa shape index (κ2) is 8.73. The van der Waals surface area contributed by atoms with Crippen molar-refractivity contribution in [2.75, 3.05) is 11.1 Å². The molecule has 0 unspecified atom stereocenters. The molecule has 1 aliphatic carbocycles. The molecule has 0 fully saturated rings. The van der Waals surface area contributed by atoms with Crippen LogP contribution in [-0.4, -0.2) is 30.3 Å². The van der Waals surface area contributed by atoms with Crippen LogP contribution < -0.4 is 22.1 Å². The Bertz CT molecular complexity index is 1620. The molecule has 9 nitrogen and oxygen atoms in total. The van der Waals surface area contributed by atoms with E-state index in [1.807, 2.05) is 30.3 Å². The summed E-state index contributed by atoms with van der Waals surface area (Å²) >= 11 is 2.68. The molecule has 3 heterocycles. The van der Waals surface area contributed by atoms with Gasteiger partial charge in [-0.3, -0.25) is 28.1 Å². The highest BCUT2D eigenvalue weighted by Crippen LogP contribution is 2.36. The lowest BCUT2D eigenvalue weighted by Gasteiger charge is -2.13. The van der Waals surface area contributed by atoms with Crippen LogP contribution in [0, 0.1) is 0 Å². The third-order valence-electron chi connectivity index (χ3n) is 5.85. The molecule has 3 aromatic heterocycles.